The minimum absolute atomic E-state index is 0.746. The molecular weight excluding hydrogens is 198 g/mol. The molecule has 2 aliphatic rings. The predicted molar refractivity (Wildman–Crippen MR) is 68.5 cm³/mol. The van der Waals surface area contributed by atoms with Gasteiger partial charge in [0.25, 0.3) is 0 Å². The van der Waals surface area contributed by atoms with Crippen LogP contribution in [0.1, 0.15) is 32.6 Å². The predicted octanol–water partition coefficient (Wildman–Crippen LogP) is 1.14. The average molecular weight is 225 g/mol. The lowest BCUT2D eigenvalue weighted by Crippen LogP contribution is -2.38. The molecule has 0 radical (unpaired) electrons. The summed E-state index contributed by atoms with van der Waals surface area (Å²) < 4.78 is 0. The molecule has 0 aliphatic carbocycles. The smallest absolute Gasteiger partial charge is 0.0111 e. The maximum atomic E-state index is 5.81. The van der Waals surface area contributed by atoms with Gasteiger partial charge in [-0.1, -0.05) is 0 Å². The molecule has 3 unspecified atom stereocenters. The van der Waals surface area contributed by atoms with Crippen molar-refractivity contribution in [2.45, 2.75) is 44.7 Å². The zero-order valence-corrected chi connectivity index (χ0v) is 10.9. The molecule has 94 valence electrons. The summed E-state index contributed by atoms with van der Waals surface area (Å²) in [7, 11) is 2.25. The third kappa shape index (κ3) is 2.76. The van der Waals surface area contributed by atoms with E-state index >= 15 is 0 Å². The Morgan fingerprint density at radius 1 is 1.25 bits per heavy atom. The Morgan fingerprint density at radius 3 is 2.75 bits per heavy atom. The molecule has 2 fully saturated rings. The third-order valence-corrected chi connectivity index (χ3v) is 4.43. The number of nitrogens with zero attached hydrogens (tertiary/aromatic N) is 2. The van der Waals surface area contributed by atoms with Gasteiger partial charge in [-0.05, 0) is 65.2 Å². The van der Waals surface area contributed by atoms with E-state index in [4.69, 9.17) is 5.73 Å². The van der Waals surface area contributed by atoms with Crippen LogP contribution in [-0.2, 0) is 0 Å². The first-order chi connectivity index (χ1) is 7.70. The zero-order chi connectivity index (χ0) is 11.5. The molecule has 2 saturated heterocycles. The molecule has 2 rings (SSSR count). The standard InChI is InChI=1S/C13H27N3/c1-11-8-12(9-14)10-16(11)13-4-3-6-15(2)7-5-13/h11-13H,3-10,14H2,1-2H3. The fraction of sp³-hybridized carbons (Fsp3) is 1.00. The van der Waals surface area contributed by atoms with Gasteiger partial charge in [-0.25, -0.2) is 0 Å². The molecule has 3 atom stereocenters. The fourth-order valence-corrected chi connectivity index (χ4v) is 3.40. The highest BCUT2D eigenvalue weighted by Gasteiger charge is 2.33. The highest BCUT2D eigenvalue weighted by molar-refractivity contribution is 4.88. The average Bonchev–Trinajstić information content (AvgIpc) is 2.51. The van der Waals surface area contributed by atoms with Gasteiger partial charge in [0.2, 0.25) is 0 Å². The van der Waals surface area contributed by atoms with Crippen molar-refractivity contribution in [3.63, 3.8) is 0 Å². The summed E-state index contributed by atoms with van der Waals surface area (Å²) in [5.74, 6) is 0.746. The van der Waals surface area contributed by atoms with Crippen LogP contribution in [0.5, 0.6) is 0 Å². The maximum Gasteiger partial charge on any atom is 0.0111 e. The number of rotatable bonds is 2. The van der Waals surface area contributed by atoms with Gasteiger partial charge in [0.05, 0.1) is 0 Å². The van der Waals surface area contributed by atoms with Gasteiger partial charge in [-0.15, -0.1) is 0 Å². The molecular formula is C13H27N3. The summed E-state index contributed by atoms with van der Waals surface area (Å²) in [5, 5.41) is 0. The first kappa shape index (κ1) is 12.3. The molecule has 16 heavy (non-hydrogen) atoms. The van der Waals surface area contributed by atoms with Crippen molar-refractivity contribution in [3.05, 3.63) is 0 Å². The summed E-state index contributed by atoms with van der Waals surface area (Å²) in [6.45, 7) is 7.03. The van der Waals surface area contributed by atoms with Crippen molar-refractivity contribution in [3.8, 4) is 0 Å². The Balaban J connectivity index is 1.91. The van der Waals surface area contributed by atoms with Crippen LogP contribution in [0.2, 0.25) is 0 Å². The lowest BCUT2D eigenvalue weighted by atomic mass is 10.1. The molecule has 0 aromatic carbocycles. The van der Waals surface area contributed by atoms with Crippen LogP contribution in [-0.4, -0.2) is 55.1 Å². The quantitative estimate of drug-likeness (QED) is 0.765. The summed E-state index contributed by atoms with van der Waals surface area (Å²) in [4.78, 5) is 5.21. The van der Waals surface area contributed by atoms with Gasteiger partial charge in [-0.3, -0.25) is 4.90 Å². The zero-order valence-electron chi connectivity index (χ0n) is 10.9. The Kier molecular flexibility index (Phi) is 4.22. The normalized spacial score (nSPS) is 38.8. The topological polar surface area (TPSA) is 32.5 Å². The molecule has 0 amide bonds. The summed E-state index contributed by atoms with van der Waals surface area (Å²) >= 11 is 0. The van der Waals surface area contributed by atoms with Gasteiger partial charge in [0.1, 0.15) is 0 Å². The van der Waals surface area contributed by atoms with Crippen LogP contribution >= 0.6 is 0 Å². The second-order valence-corrected chi connectivity index (χ2v) is 5.77. The van der Waals surface area contributed by atoms with Crippen LogP contribution < -0.4 is 5.73 Å². The molecule has 0 aromatic rings. The lowest BCUT2D eigenvalue weighted by molar-refractivity contribution is 0.169. The molecule has 0 bridgehead atoms. The van der Waals surface area contributed by atoms with E-state index in [1.807, 2.05) is 0 Å². The number of nitrogens with two attached hydrogens (primary N) is 1. The van der Waals surface area contributed by atoms with Crippen LogP contribution in [0.4, 0.5) is 0 Å². The van der Waals surface area contributed by atoms with E-state index in [0.29, 0.717) is 0 Å². The van der Waals surface area contributed by atoms with Crippen LogP contribution in [0.15, 0.2) is 0 Å². The number of hydrogen-bond acceptors (Lipinski definition) is 3. The summed E-state index contributed by atoms with van der Waals surface area (Å²) in [6.07, 6.45) is 5.39. The second-order valence-electron chi connectivity index (χ2n) is 5.77. The maximum absolute atomic E-state index is 5.81. The highest BCUT2D eigenvalue weighted by Crippen LogP contribution is 2.28. The van der Waals surface area contributed by atoms with Crippen molar-refractivity contribution >= 4 is 0 Å². The number of likely N-dealkylation sites (tertiary alicyclic amines) is 2. The van der Waals surface area contributed by atoms with E-state index in [2.05, 4.69) is 23.8 Å². The molecule has 2 aliphatic heterocycles. The van der Waals surface area contributed by atoms with E-state index in [1.165, 1.54) is 45.3 Å². The molecule has 2 heterocycles. The van der Waals surface area contributed by atoms with Crippen LogP contribution in [0.3, 0.4) is 0 Å². The molecule has 0 saturated carbocycles. The van der Waals surface area contributed by atoms with Crippen molar-refractivity contribution in [2.24, 2.45) is 11.7 Å². The fourth-order valence-electron chi connectivity index (χ4n) is 3.40. The third-order valence-electron chi connectivity index (χ3n) is 4.43. The Morgan fingerprint density at radius 2 is 2.06 bits per heavy atom. The SMILES string of the molecule is CC1CC(CN)CN1C1CCCN(C)CC1. The monoisotopic (exact) mass is 225 g/mol. The van der Waals surface area contributed by atoms with E-state index in [9.17, 15) is 0 Å². The molecule has 0 spiro atoms. The molecule has 0 aromatic heterocycles. The van der Waals surface area contributed by atoms with Crippen molar-refractivity contribution in [2.75, 3.05) is 33.2 Å². The van der Waals surface area contributed by atoms with Gasteiger partial charge < -0.3 is 10.6 Å². The molecule has 3 heteroatoms. The van der Waals surface area contributed by atoms with Gasteiger partial charge in [0.15, 0.2) is 0 Å². The van der Waals surface area contributed by atoms with E-state index < -0.39 is 0 Å². The van der Waals surface area contributed by atoms with Gasteiger partial charge >= 0.3 is 0 Å². The van der Waals surface area contributed by atoms with E-state index in [0.717, 1.165) is 24.5 Å². The van der Waals surface area contributed by atoms with Crippen molar-refractivity contribution < 1.29 is 0 Å². The second kappa shape index (κ2) is 5.48. The Bertz CT molecular complexity index is 219. The highest BCUT2D eigenvalue weighted by atomic mass is 15.2. The largest absolute Gasteiger partial charge is 0.330 e. The first-order valence-corrected chi connectivity index (χ1v) is 6.85. The first-order valence-electron chi connectivity index (χ1n) is 6.85. The Hall–Kier alpha value is -0.120. The molecule has 3 nitrogen and oxygen atoms in total. The van der Waals surface area contributed by atoms with Crippen molar-refractivity contribution in [1.29, 1.82) is 0 Å². The van der Waals surface area contributed by atoms with Gasteiger partial charge in [-0.2, -0.15) is 0 Å². The number of hydrogen-bond donors (Lipinski definition) is 1. The van der Waals surface area contributed by atoms with E-state index in [1.54, 1.807) is 0 Å². The minimum atomic E-state index is 0.746. The Labute approximate surface area is 100.0 Å². The van der Waals surface area contributed by atoms with Crippen molar-refractivity contribution in [1.82, 2.24) is 9.80 Å². The van der Waals surface area contributed by atoms with Gasteiger partial charge in [0, 0.05) is 18.6 Å². The molecule has 2 N–H and O–H groups in total. The minimum Gasteiger partial charge on any atom is -0.330 e. The van der Waals surface area contributed by atoms with Crippen LogP contribution in [0, 0.1) is 5.92 Å². The lowest BCUT2D eigenvalue weighted by Gasteiger charge is -2.30. The van der Waals surface area contributed by atoms with Crippen LogP contribution in [0.25, 0.3) is 0 Å². The summed E-state index contributed by atoms with van der Waals surface area (Å²) in [5.41, 5.74) is 5.81. The van der Waals surface area contributed by atoms with E-state index in [-0.39, 0.29) is 0 Å². The summed E-state index contributed by atoms with van der Waals surface area (Å²) in [6, 6.07) is 1.57.